The van der Waals surface area contributed by atoms with Crippen molar-refractivity contribution >= 4 is 223 Å². The van der Waals surface area contributed by atoms with Gasteiger partial charge in [0.05, 0.1) is 0 Å². The fourth-order valence-corrected chi connectivity index (χ4v) is 7.81. The summed E-state index contributed by atoms with van der Waals surface area (Å²) >= 11 is 46.6. The third-order valence-electron chi connectivity index (χ3n) is 5.31. The molecule has 346 valence electrons. The summed E-state index contributed by atoms with van der Waals surface area (Å²) in [5.74, 6) is 0. The van der Waals surface area contributed by atoms with Crippen molar-refractivity contribution in [3.8, 4) is 0 Å². The van der Waals surface area contributed by atoms with E-state index in [0.717, 1.165) is 88.6 Å². The van der Waals surface area contributed by atoms with Crippen LogP contribution in [0.25, 0.3) is 0 Å². The van der Waals surface area contributed by atoms with E-state index in [4.69, 9.17) is 0 Å². The minimum absolute atomic E-state index is 0.696. The molecule has 14 heteroatoms. The molecule has 0 amide bonds. The molecule has 0 heterocycles. The van der Waals surface area contributed by atoms with Crippen LogP contribution < -0.4 is 0 Å². The summed E-state index contributed by atoms with van der Waals surface area (Å²) in [5.41, 5.74) is 0. The Labute approximate surface area is 469 Å². The maximum Gasteiger partial charge on any atom is 0.0209 e. The molecule has 0 aliphatic rings. The van der Waals surface area contributed by atoms with Crippen molar-refractivity contribution in [2.75, 3.05) is 69.3 Å². The Morgan fingerprint density at radius 2 is 0.554 bits per heavy atom. The summed E-state index contributed by atoms with van der Waals surface area (Å²) in [7, 11) is 0. The standard InChI is InChI=1S/2C6H12Br2.C6H11Br.C5H10Br2.C5H9Br.C4H8Br2.C4H7Br.C3H6Br2.C3H5Br/c1-6(8)4-2-3-5-7;7-5-3-1-2-4-6-8;1-2-3-4-5-6-7;6-4-2-1-3-5-7;1-2-3-4-5-6;5-3-1-2-4-6;1-2-3-4-5;4-2-1-3-5;1-2-3-4/h6H,2-5H2,1H3;1-6H2;2H,1,3-6H2;1-5H2;2H,1,3-5H2;1-4H2;2H,1,3-4H2;1-3H2;2H,1,3H2. The molecule has 0 fully saturated rings. The number of alkyl halides is 14. The van der Waals surface area contributed by atoms with Crippen molar-refractivity contribution < 1.29 is 0 Å². The quantitative estimate of drug-likeness (QED) is 0.0416. The molecule has 56 heavy (non-hydrogen) atoms. The first kappa shape index (κ1) is 81.8. The molecule has 0 bridgehead atoms. The highest BCUT2D eigenvalue weighted by Crippen LogP contribution is 2.09. The first-order valence-electron chi connectivity index (χ1n) is 19.4. The minimum Gasteiger partial charge on any atom is -0.103 e. The molecule has 0 rings (SSSR count). The van der Waals surface area contributed by atoms with E-state index < -0.39 is 0 Å². The van der Waals surface area contributed by atoms with Gasteiger partial charge in [-0.05, 0) is 96.3 Å². The first-order valence-corrected chi connectivity index (χ1v) is 34.9. The molecule has 0 saturated heterocycles. The number of rotatable bonds is 28. The zero-order valence-electron chi connectivity index (χ0n) is 34.6. The van der Waals surface area contributed by atoms with Crippen molar-refractivity contribution in [3.05, 3.63) is 50.6 Å². The molecule has 0 aromatic rings. The lowest BCUT2D eigenvalue weighted by Crippen LogP contribution is -1.88. The molecule has 0 aliphatic carbocycles. The van der Waals surface area contributed by atoms with E-state index in [-0.39, 0.29) is 0 Å². The number of hydrogen-bond acceptors (Lipinski definition) is 0. The van der Waals surface area contributed by atoms with Gasteiger partial charge < -0.3 is 0 Å². The van der Waals surface area contributed by atoms with Gasteiger partial charge in [0.1, 0.15) is 0 Å². The lowest BCUT2D eigenvalue weighted by atomic mass is 10.2. The molecule has 0 aliphatic heterocycles. The molecule has 0 N–H and O–H groups in total. The summed E-state index contributed by atoms with van der Waals surface area (Å²) < 4.78 is 0. The third-order valence-corrected chi connectivity index (χ3v) is 12.9. The van der Waals surface area contributed by atoms with Gasteiger partial charge in [-0.15, -0.1) is 26.3 Å². The van der Waals surface area contributed by atoms with Crippen molar-refractivity contribution in [2.24, 2.45) is 0 Å². The molecule has 0 aromatic carbocycles. The molecule has 0 saturated carbocycles. The molecule has 0 spiro atoms. The van der Waals surface area contributed by atoms with E-state index in [2.05, 4.69) is 256 Å². The highest BCUT2D eigenvalue weighted by Gasteiger charge is 1.93. The van der Waals surface area contributed by atoms with Crippen molar-refractivity contribution in [2.45, 2.75) is 134 Å². The normalized spacial score (nSPS) is 9.34. The highest BCUT2D eigenvalue weighted by atomic mass is 79.9. The lowest BCUT2D eigenvalue weighted by Gasteiger charge is -1.98. The first-order chi connectivity index (χ1) is 27.1. The predicted octanol–water partition coefficient (Wildman–Crippen LogP) is 23.0. The van der Waals surface area contributed by atoms with E-state index in [0.29, 0.717) is 4.83 Å². The topological polar surface area (TPSA) is 0 Å². The second-order valence-electron chi connectivity index (χ2n) is 10.8. The SMILES string of the molecule is BrCCCBr.BrCCCCBr.BrCCCCCBr.BrCCCCCCBr.C=CCBr.C=CCCBr.C=CCCCBr.C=CCCCCBr.CC(Br)CCCCBr. The van der Waals surface area contributed by atoms with Gasteiger partial charge in [-0.3, -0.25) is 0 Å². The Hall–Kier alpha value is 5.68. The van der Waals surface area contributed by atoms with Gasteiger partial charge in [-0.1, -0.05) is 280 Å². The Morgan fingerprint density at radius 3 is 0.750 bits per heavy atom. The Morgan fingerprint density at radius 1 is 0.304 bits per heavy atom. The molecule has 0 aromatic heterocycles. The number of allylic oxidation sites excluding steroid dienone is 4. The fraction of sp³-hybridized carbons (Fsp3) is 0.810. The summed E-state index contributed by atoms with van der Waals surface area (Å²) in [5, 5.41) is 14.4. The molecule has 1 unspecified atom stereocenters. The maximum absolute atomic E-state index is 3.62. The summed E-state index contributed by atoms with van der Waals surface area (Å²) in [4.78, 5) is 0.696. The van der Waals surface area contributed by atoms with Crippen LogP contribution in [0.5, 0.6) is 0 Å². The van der Waals surface area contributed by atoms with Gasteiger partial charge in [-0.25, -0.2) is 0 Å². The van der Waals surface area contributed by atoms with Crippen LogP contribution in [0, 0.1) is 0 Å². The summed E-state index contributed by atoms with van der Waals surface area (Å²) in [6, 6.07) is 0. The molecule has 1 atom stereocenters. The van der Waals surface area contributed by atoms with Crippen molar-refractivity contribution in [3.63, 3.8) is 0 Å². The van der Waals surface area contributed by atoms with Crippen LogP contribution in [0.2, 0.25) is 0 Å². The van der Waals surface area contributed by atoms with Gasteiger partial charge >= 0.3 is 0 Å². The molecule has 0 nitrogen and oxygen atoms in total. The monoisotopic (exact) mass is 1690 g/mol. The number of unbranched alkanes of at least 4 members (excludes halogenated alkanes) is 10. The molecule has 0 radical (unpaired) electrons. The number of hydrogen-bond donors (Lipinski definition) is 0. The lowest BCUT2D eigenvalue weighted by molar-refractivity contribution is 0.715. The van der Waals surface area contributed by atoms with Crippen molar-refractivity contribution in [1.29, 1.82) is 0 Å². The fourth-order valence-electron chi connectivity index (χ4n) is 2.35. The van der Waals surface area contributed by atoms with E-state index in [9.17, 15) is 0 Å². The summed E-state index contributed by atoms with van der Waals surface area (Å²) in [6.07, 6.45) is 31.8. The van der Waals surface area contributed by atoms with Gasteiger partial charge in [0.15, 0.2) is 0 Å². The van der Waals surface area contributed by atoms with E-state index >= 15 is 0 Å². The van der Waals surface area contributed by atoms with Crippen molar-refractivity contribution in [1.82, 2.24) is 0 Å². The number of halogens is 14. The van der Waals surface area contributed by atoms with Crippen LogP contribution in [0.4, 0.5) is 0 Å². The second kappa shape index (κ2) is 108. The average molecular weight is 1700 g/mol. The van der Waals surface area contributed by atoms with Crippen LogP contribution in [0.15, 0.2) is 50.6 Å². The average Bonchev–Trinajstić information content (AvgIpc) is 3.21. The van der Waals surface area contributed by atoms with Crippen LogP contribution >= 0.6 is 223 Å². The zero-order valence-corrected chi connectivity index (χ0v) is 56.8. The van der Waals surface area contributed by atoms with Gasteiger partial charge in [0.2, 0.25) is 0 Å². The Kier molecular flexibility index (Phi) is 158. The van der Waals surface area contributed by atoms with Crippen LogP contribution in [-0.4, -0.2) is 74.1 Å². The largest absolute Gasteiger partial charge is 0.103 e. The third kappa shape index (κ3) is 171. The maximum atomic E-state index is 3.62. The molecular weight excluding hydrogens is 1620 g/mol. The summed E-state index contributed by atoms with van der Waals surface area (Å²) in [6.45, 7) is 16.3. The Bertz CT molecular complexity index is 542. The van der Waals surface area contributed by atoms with Gasteiger partial charge in [-0.2, -0.15) is 0 Å². The highest BCUT2D eigenvalue weighted by molar-refractivity contribution is 9.11. The van der Waals surface area contributed by atoms with Crippen LogP contribution in [0.3, 0.4) is 0 Å². The zero-order chi connectivity index (χ0) is 45.0. The minimum atomic E-state index is 0.696. The van der Waals surface area contributed by atoms with E-state index in [1.807, 2.05) is 18.2 Å². The predicted molar refractivity (Wildman–Crippen MR) is 326 cm³/mol. The van der Waals surface area contributed by atoms with E-state index in [1.54, 1.807) is 6.08 Å². The van der Waals surface area contributed by atoms with E-state index in [1.165, 1.54) is 103 Å². The van der Waals surface area contributed by atoms with Crippen LogP contribution in [-0.2, 0) is 0 Å². The van der Waals surface area contributed by atoms with Gasteiger partial charge in [0, 0.05) is 74.1 Å². The molecular formula is C42H80Br14. The Balaban J connectivity index is -0.0000000639. The second-order valence-corrected chi connectivity index (χ2v) is 22.5. The smallest absolute Gasteiger partial charge is 0.0209 e. The van der Waals surface area contributed by atoms with Crippen LogP contribution in [0.1, 0.15) is 129 Å². The van der Waals surface area contributed by atoms with Gasteiger partial charge in [0.25, 0.3) is 0 Å².